The van der Waals surface area contributed by atoms with E-state index in [0.29, 0.717) is 12.8 Å². The van der Waals surface area contributed by atoms with Crippen molar-refractivity contribution >= 4 is 11.6 Å². The summed E-state index contributed by atoms with van der Waals surface area (Å²) in [6.45, 7) is 0. The van der Waals surface area contributed by atoms with Crippen LogP contribution in [-0.2, 0) is 55.7 Å². The van der Waals surface area contributed by atoms with E-state index in [1.165, 1.54) is 22.3 Å². The summed E-state index contributed by atoms with van der Waals surface area (Å²) in [7, 11) is 0. The minimum Gasteiger partial charge on any atom is -0.334 e. The molecule has 0 aromatic heterocycles. The minimum absolute atomic E-state index is 0. The Labute approximate surface area is 235 Å². The second-order valence-electron chi connectivity index (χ2n) is 8.69. The van der Waals surface area contributed by atoms with Gasteiger partial charge in [-0.2, -0.15) is 0 Å². The second kappa shape index (κ2) is 18.0. The average Bonchev–Trinajstić information content (AvgIpc) is 2.95. The number of Topliss-reactive ketones (excluding diaryl/α,β-unsaturated/α-hetero) is 2. The quantitative estimate of drug-likeness (QED) is 0.130. The summed E-state index contributed by atoms with van der Waals surface area (Å²) < 4.78 is 0. The van der Waals surface area contributed by atoms with Gasteiger partial charge in [-0.15, -0.1) is 12.8 Å². The first-order chi connectivity index (χ1) is 17.7. The van der Waals surface area contributed by atoms with Gasteiger partial charge in [0.2, 0.25) is 0 Å². The number of hydrogen-bond acceptors (Lipinski definition) is 2. The van der Waals surface area contributed by atoms with Crippen LogP contribution < -0.4 is 0 Å². The first-order valence-electron chi connectivity index (χ1n) is 12.6. The summed E-state index contributed by atoms with van der Waals surface area (Å²) >= 11 is 0. The third kappa shape index (κ3) is 12.9. The zero-order valence-electron chi connectivity index (χ0n) is 21.1. The number of carbonyl (C=O) groups is 2. The molecule has 0 aliphatic rings. The van der Waals surface area contributed by atoms with E-state index < -0.39 is 0 Å². The van der Waals surface area contributed by atoms with Crippen LogP contribution in [0.3, 0.4) is 0 Å². The fourth-order valence-corrected chi connectivity index (χ4v) is 3.72. The van der Waals surface area contributed by atoms with Crippen molar-refractivity contribution in [2.75, 3.05) is 0 Å². The van der Waals surface area contributed by atoms with E-state index in [1.807, 2.05) is 97.1 Å². The predicted octanol–water partition coefficient (Wildman–Crippen LogP) is 7.27. The molecule has 4 aromatic rings. The fraction of sp³-hybridized carbons (Fsp3) is 0.176. The Bertz CT molecular complexity index is 958. The standard InChI is InChI=1S/2C17H17O.Pd/c2*18-17(13-11-15-7-3-1-4-8-15)14-12-16-9-5-2-6-10-16;/h2*1-10,13H,11-12,14H2;/q2*-1;+2. The van der Waals surface area contributed by atoms with Gasteiger partial charge in [-0.3, -0.25) is 0 Å². The molecule has 0 saturated heterocycles. The molecule has 0 bridgehead atoms. The van der Waals surface area contributed by atoms with E-state index in [-0.39, 0.29) is 32.0 Å². The normalized spacial score (nSPS) is 9.73. The molecule has 2 nitrogen and oxygen atoms in total. The summed E-state index contributed by atoms with van der Waals surface area (Å²) in [6.07, 6.45) is 7.88. The van der Waals surface area contributed by atoms with Gasteiger partial charge in [0.25, 0.3) is 0 Å². The first-order valence-corrected chi connectivity index (χ1v) is 12.6. The molecule has 0 saturated carbocycles. The molecule has 4 aromatic carbocycles. The summed E-state index contributed by atoms with van der Waals surface area (Å²) in [6, 6.07) is 40.4. The molecule has 0 amide bonds. The van der Waals surface area contributed by atoms with Crippen LogP contribution >= 0.6 is 0 Å². The van der Waals surface area contributed by atoms with Crippen LogP contribution in [-0.4, -0.2) is 11.6 Å². The van der Waals surface area contributed by atoms with Gasteiger partial charge in [0.1, 0.15) is 0 Å². The molecule has 0 aliphatic heterocycles. The zero-order chi connectivity index (χ0) is 25.3. The van der Waals surface area contributed by atoms with Gasteiger partial charge in [0.15, 0.2) is 0 Å². The number of benzene rings is 4. The van der Waals surface area contributed by atoms with Gasteiger partial charge in [-0.1, -0.05) is 132 Å². The van der Waals surface area contributed by atoms with E-state index in [4.69, 9.17) is 0 Å². The van der Waals surface area contributed by atoms with E-state index in [2.05, 4.69) is 24.3 Å². The van der Waals surface area contributed by atoms with Crippen LogP contribution in [0.4, 0.5) is 0 Å². The topological polar surface area (TPSA) is 34.1 Å². The van der Waals surface area contributed by atoms with Crippen molar-refractivity contribution in [3.8, 4) is 0 Å². The summed E-state index contributed by atoms with van der Waals surface area (Å²) in [5, 5.41) is 0. The molecule has 0 atom stereocenters. The van der Waals surface area contributed by atoms with Crippen molar-refractivity contribution in [1.29, 1.82) is 0 Å². The van der Waals surface area contributed by atoms with Gasteiger partial charge < -0.3 is 22.4 Å². The SMILES string of the molecule is O=C([CH-]Cc1ccccc1)CCc1ccccc1.O=C([CH-]Cc1ccccc1)CCc1ccccc1.[Pd+2]. The summed E-state index contributed by atoms with van der Waals surface area (Å²) in [5.74, 6) is 0.449. The molecule has 0 fully saturated rings. The smallest absolute Gasteiger partial charge is 0.334 e. The van der Waals surface area contributed by atoms with Gasteiger partial charge >= 0.3 is 20.4 Å². The maximum absolute atomic E-state index is 11.7. The van der Waals surface area contributed by atoms with E-state index in [1.54, 1.807) is 12.8 Å². The largest absolute Gasteiger partial charge is 2.00 e. The van der Waals surface area contributed by atoms with E-state index in [9.17, 15) is 9.59 Å². The minimum atomic E-state index is 0. The van der Waals surface area contributed by atoms with Crippen LogP contribution in [0.15, 0.2) is 121 Å². The Morgan fingerprint density at radius 3 is 1.00 bits per heavy atom. The molecule has 0 unspecified atom stereocenters. The Morgan fingerprint density at radius 1 is 0.432 bits per heavy atom. The van der Waals surface area contributed by atoms with Gasteiger partial charge in [0, 0.05) is 0 Å². The Kier molecular flexibility index (Phi) is 14.5. The van der Waals surface area contributed by atoms with Crippen molar-refractivity contribution in [1.82, 2.24) is 0 Å². The average molecular weight is 581 g/mol. The Balaban J connectivity index is 0.000000253. The van der Waals surface area contributed by atoms with Crippen LogP contribution in [0.2, 0.25) is 0 Å². The van der Waals surface area contributed by atoms with Gasteiger partial charge in [0.05, 0.1) is 0 Å². The number of aryl methyl sites for hydroxylation is 2. The van der Waals surface area contributed by atoms with Crippen molar-refractivity contribution in [2.24, 2.45) is 0 Å². The summed E-state index contributed by atoms with van der Waals surface area (Å²) in [4.78, 5) is 23.5. The zero-order valence-corrected chi connectivity index (χ0v) is 22.6. The van der Waals surface area contributed by atoms with Crippen molar-refractivity contribution in [3.63, 3.8) is 0 Å². The third-order valence-electron chi connectivity index (χ3n) is 5.82. The third-order valence-corrected chi connectivity index (χ3v) is 5.82. The second-order valence-corrected chi connectivity index (χ2v) is 8.69. The van der Waals surface area contributed by atoms with E-state index in [0.717, 1.165) is 25.7 Å². The van der Waals surface area contributed by atoms with Crippen LogP contribution in [0.25, 0.3) is 0 Å². The Hall–Kier alpha value is -3.38. The van der Waals surface area contributed by atoms with Crippen LogP contribution in [0, 0.1) is 12.8 Å². The van der Waals surface area contributed by atoms with Gasteiger partial charge in [-0.05, 0) is 48.4 Å². The molecule has 0 N–H and O–H groups in total. The van der Waals surface area contributed by atoms with Crippen LogP contribution in [0.1, 0.15) is 35.1 Å². The molecule has 0 aliphatic carbocycles. The molecular formula is C34H34O2Pd. The maximum Gasteiger partial charge on any atom is 2.00 e. The molecule has 3 heteroatoms. The molecule has 37 heavy (non-hydrogen) atoms. The number of hydrogen-bond donors (Lipinski definition) is 0. The fourth-order valence-electron chi connectivity index (χ4n) is 3.72. The van der Waals surface area contributed by atoms with Crippen molar-refractivity contribution in [3.05, 3.63) is 156 Å². The molecule has 0 spiro atoms. The van der Waals surface area contributed by atoms with Crippen molar-refractivity contribution in [2.45, 2.75) is 38.5 Å². The van der Waals surface area contributed by atoms with Crippen molar-refractivity contribution < 1.29 is 30.0 Å². The van der Waals surface area contributed by atoms with Gasteiger partial charge in [-0.25, -0.2) is 0 Å². The van der Waals surface area contributed by atoms with E-state index >= 15 is 0 Å². The van der Waals surface area contributed by atoms with Crippen LogP contribution in [0.5, 0.6) is 0 Å². The molecular weight excluding hydrogens is 547 g/mol. The predicted molar refractivity (Wildman–Crippen MR) is 148 cm³/mol. The maximum atomic E-state index is 11.7. The number of ketones is 2. The first kappa shape index (κ1) is 29.9. The number of rotatable bonds is 12. The summed E-state index contributed by atoms with van der Waals surface area (Å²) in [5.41, 5.74) is 4.81. The molecule has 4 rings (SSSR count). The number of carbonyl (C=O) groups excluding carboxylic acids is 2. The molecule has 0 radical (unpaired) electrons. The molecule has 0 heterocycles. The Morgan fingerprint density at radius 2 is 0.703 bits per heavy atom. The monoisotopic (exact) mass is 580 g/mol. The molecule has 192 valence electrons.